The monoisotopic (exact) mass is 371 g/mol. The molecule has 0 unspecified atom stereocenters. The highest BCUT2D eigenvalue weighted by Gasteiger charge is 2.51. The lowest BCUT2D eigenvalue weighted by Gasteiger charge is -2.56. The molecule has 0 saturated heterocycles. The average Bonchev–Trinajstić information content (AvgIpc) is 2.85. The number of aryl methyl sites for hydroxylation is 1. The third-order valence-corrected chi connectivity index (χ3v) is 7.23. The second-order valence-electron chi connectivity index (χ2n) is 9.36. The molecular formula is C22H33N3O2. The lowest BCUT2D eigenvalue weighted by Crippen LogP contribution is -2.47. The summed E-state index contributed by atoms with van der Waals surface area (Å²) in [4.78, 5) is 12.6. The van der Waals surface area contributed by atoms with Crippen LogP contribution in [0, 0.1) is 37.0 Å². The van der Waals surface area contributed by atoms with E-state index in [1.807, 2.05) is 0 Å². The Morgan fingerprint density at radius 2 is 1.89 bits per heavy atom. The number of hydrogen-bond donors (Lipinski definition) is 1. The van der Waals surface area contributed by atoms with E-state index in [0.29, 0.717) is 13.0 Å². The molecule has 0 aromatic carbocycles. The zero-order valence-electron chi connectivity index (χ0n) is 17.0. The standard InChI is InChI=1S/C22H33N3O2/c1-15-6-20(16(2)25(15)4-5-27-3)14-23-24-21(26)13-22-10-17-7-18(11-22)9-19(8-17)12-22/h6,14,17-19H,4-5,7-13H2,1-3H3,(H,24,26)/b23-14+. The van der Waals surface area contributed by atoms with Crippen molar-refractivity contribution in [1.82, 2.24) is 9.99 Å². The number of rotatable bonds is 7. The van der Waals surface area contributed by atoms with E-state index >= 15 is 0 Å². The smallest absolute Gasteiger partial charge is 0.240 e. The summed E-state index contributed by atoms with van der Waals surface area (Å²) in [5, 5.41) is 4.27. The summed E-state index contributed by atoms with van der Waals surface area (Å²) in [6.07, 6.45) is 10.5. The third-order valence-electron chi connectivity index (χ3n) is 7.23. The summed E-state index contributed by atoms with van der Waals surface area (Å²) >= 11 is 0. The predicted octanol–water partition coefficient (Wildman–Crippen LogP) is 3.81. The molecule has 5 rings (SSSR count). The van der Waals surface area contributed by atoms with Gasteiger partial charge in [-0.1, -0.05) is 0 Å². The number of nitrogens with zero attached hydrogens (tertiary/aromatic N) is 2. The maximum atomic E-state index is 12.6. The number of nitrogens with one attached hydrogen (secondary N) is 1. The number of amides is 1. The van der Waals surface area contributed by atoms with E-state index in [9.17, 15) is 4.79 Å². The minimum Gasteiger partial charge on any atom is -0.383 e. The molecule has 4 aliphatic carbocycles. The summed E-state index contributed by atoms with van der Waals surface area (Å²) in [7, 11) is 1.72. The summed E-state index contributed by atoms with van der Waals surface area (Å²) < 4.78 is 7.41. The zero-order chi connectivity index (χ0) is 19.0. The highest BCUT2D eigenvalue weighted by molar-refractivity contribution is 5.84. The minimum absolute atomic E-state index is 0.0846. The molecule has 0 atom stereocenters. The topological polar surface area (TPSA) is 55.6 Å². The fourth-order valence-corrected chi connectivity index (χ4v) is 6.55. The van der Waals surface area contributed by atoms with Crippen molar-refractivity contribution in [3.63, 3.8) is 0 Å². The van der Waals surface area contributed by atoms with Crippen LogP contribution in [0.25, 0.3) is 0 Å². The Morgan fingerprint density at radius 3 is 2.48 bits per heavy atom. The zero-order valence-corrected chi connectivity index (χ0v) is 17.0. The molecule has 4 saturated carbocycles. The SMILES string of the molecule is COCCn1c(C)cc(/C=N/NC(=O)CC23CC4CC(CC(C4)C2)C3)c1C. The molecule has 1 heterocycles. The Morgan fingerprint density at radius 1 is 1.26 bits per heavy atom. The molecule has 0 spiro atoms. The summed E-state index contributed by atoms with van der Waals surface area (Å²) in [5.41, 5.74) is 6.47. The molecule has 1 aromatic rings. The highest BCUT2D eigenvalue weighted by Crippen LogP contribution is 2.61. The molecule has 27 heavy (non-hydrogen) atoms. The fraction of sp³-hybridized carbons (Fsp3) is 0.727. The van der Waals surface area contributed by atoms with Gasteiger partial charge in [-0.3, -0.25) is 4.79 Å². The second-order valence-corrected chi connectivity index (χ2v) is 9.36. The van der Waals surface area contributed by atoms with Crippen LogP contribution in [0.5, 0.6) is 0 Å². The molecular weight excluding hydrogens is 338 g/mol. The van der Waals surface area contributed by atoms with Gasteiger partial charge in [-0.05, 0) is 81.6 Å². The van der Waals surface area contributed by atoms with Crippen LogP contribution < -0.4 is 5.43 Å². The van der Waals surface area contributed by atoms with Crippen molar-refractivity contribution < 1.29 is 9.53 Å². The molecule has 5 nitrogen and oxygen atoms in total. The van der Waals surface area contributed by atoms with E-state index in [1.54, 1.807) is 13.3 Å². The normalized spacial score (nSPS) is 31.7. The van der Waals surface area contributed by atoms with Crippen molar-refractivity contribution >= 4 is 12.1 Å². The predicted molar refractivity (Wildman–Crippen MR) is 107 cm³/mol. The Bertz CT molecular complexity index is 699. The van der Waals surface area contributed by atoms with Gasteiger partial charge in [0.05, 0.1) is 12.8 Å². The van der Waals surface area contributed by atoms with E-state index in [1.165, 1.54) is 44.2 Å². The van der Waals surface area contributed by atoms with Gasteiger partial charge < -0.3 is 9.30 Å². The molecule has 1 aromatic heterocycles. The maximum absolute atomic E-state index is 12.6. The van der Waals surface area contributed by atoms with Crippen LogP contribution >= 0.6 is 0 Å². The number of ether oxygens (including phenoxy) is 1. The molecule has 4 aliphatic rings. The van der Waals surface area contributed by atoms with Crippen LogP contribution in [0.1, 0.15) is 61.9 Å². The quantitative estimate of drug-likeness (QED) is 0.585. The maximum Gasteiger partial charge on any atom is 0.240 e. The number of carbonyl (C=O) groups excluding carboxylic acids is 1. The highest BCUT2D eigenvalue weighted by atomic mass is 16.5. The number of carbonyl (C=O) groups is 1. The van der Waals surface area contributed by atoms with Crippen LogP contribution in [-0.2, 0) is 16.1 Å². The Labute approximate surface area is 162 Å². The molecule has 4 fully saturated rings. The number of aromatic nitrogens is 1. The van der Waals surface area contributed by atoms with Crippen LogP contribution in [0.15, 0.2) is 11.2 Å². The van der Waals surface area contributed by atoms with Gasteiger partial charge in [0.15, 0.2) is 0 Å². The van der Waals surface area contributed by atoms with Gasteiger partial charge in [-0.2, -0.15) is 5.10 Å². The Balaban J connectivity index is 1.34. The largest absolute Gasteiger partial charge is 0.383 e. The number of methoxy groups -OCH3 is 1. The van der Waals surface area contributed by atoms with Crippen LogP contribution in [0.2, 0.25) is 0 Å². The van der Waals surface area contributed by atoms with Crippen LogP contribution in [0.3, 0.4) is 0 Å². The van der Waals surface area contributed by atoms with E-state index in [0.717, 1.165) is 35.6 Å². The molecule has 1 amide bonds. The molecule has 4 bridgehead atoms. The molecule has 5 heteroatoms. The second kappa shape index (κ2) is 7.42. The fourth-order valence-electron chi connectivity index (χ4n) is 6.55. The van der Waals surface area contributed by atoms with Crippen molar-refractivity contribution in [2.24, 2.45) is 28.3 Å². The average molecular weight is 372 g/mol. The van der Waals surface area contributed by atoms with E-state index in [2.05, 4.69) is 35.0 Å². The molecule has 0 radical (unpaired) electrons. The van der Waals surface area contributed by atoms with Crippen molar-refractivity contribution in [2.45, 2.75) is 65.3 Å². The van der Waals surface area contributed by atoms with Crippen molar-refractivity contribution in [3.8, 4) is 0 Å². The van der Waals surface area contributed by atoms with Crippen LogP contribution in [-0.4, -0.2) is 30.4 Å². The first-order valence-electron chi connectivity index (χ1n) is 10.5. The first-order chi connectivity index (χ1) is 13.0. The van der Waals surface area contributed by atoms with Gasteiger partial charge in [-0.15, -0.1) is 0 Å². The first kappa shape index (κ1) is 18.7. The van der Waals surface area contributed by atoms with Gasteiger partial charge >= 0.3 is 0 Å². The third kappa shape index (κ3) is 3.84. The van der Waals surface area contributed by atoms with Gasteiger partial charge in [0.1, 0.15) is 0 Å². The van der Waals surface area contributed by atoms with E-state index < -0.39 is 0 Å². The Hall–Kier alpha value is -1.62. The molecule has 148 valence electrons. The minimum atomic E-state index is 0.0846. The summed E-state index contributed by atoms with van der Waals surface area (Å²) in [5.74, 6) is 2.72. The summed E-state index contributed by atoms with van der Waals surface area (Å²) in [6, 6.07) is 2.11. The lowest BCUT2D eigenvalue weighted by atomic mass is 9.49. The van der Waals surface area contributed by atoms with Gasteiger partial charge in [0.25, 0.3) is 0 Å². The van der Waals surface area contributed by atoms with Gasteiger partial charge in [0.2, 0.25) is 5.91 Å². The molecule has 0 aliphatic heterocycles. The number of hydrogen-bond acceptors (Lipinski definition) is 3. The van der Waals surface area contributed by atoms with Gasteiger partial charge in [-0.25, -0.2) is 5.43 Å². The summed E-state index contributed by atoms with van der Waals surface area (Å²) in [6.45, 7) is 5.70. The number of hydrazone groups is 1. The van der Waals surface area contributed by atoms with Crippen molar-refractivity contribution in [1.29, 1.82) is 0 Å². The van der Waals surface area contributed by atoms with E-state index in [4.69, 9.17) is 4.74 Å². The van der Waals surface area contributed by atoms with Crippen molar-refractivity contribution in [3.05, 3.63) is 23.0 Å². The van der Waals surface area contributed by atoms with Crippen LogP contribution in [0.4, 0.5) is 0 Å². The van der Waals surface area contributed by atoms with Gasteiger partial charge in [0, 0.05) is 37.0 Å². The first-order valence-corrected chi connectivity index (χ1v) is 10.5. The molecule has 1 N–H and O–H groups in total. The Kier molecular flexibility index (Phi) is 5.15. The lowest BCUT2D eigenvalue weighted by molar-refractivity contribution is -0.129. The van der Waals surface area contributed by atoms with E-state index in [-0.39, 0.29) is 11.3 Å². The van der Waals surface area contributed by atoms with Crippen molar-refractivity contribution in [2.75, 3.05) is 13.7 Å².